The molecule has 0 amide bonds. The second-order valence-electron chi connectivity index (χ2n) is 5.03. The molecule has 8 nitrogen and oxygen atoms in total. The van der Waals surface area contributed by atoms with Crippen molar-refractivity contribution in [2.24, 2.45) is 0 Å². The van der Waals surface area contributed by atoms with Gasteiger partial charge in [-0.1, -0.05) is 12.1 Å². The van der Waals surface area contributed by atoms with Crippen LogP contribution in [0.25, 0.3) is 0 Å². The number of carbonyl (C=O) groups is 2. The third kappa shape index (κ3) is 3.87. The lowest BCUT2D eigenvalue weighted by atomic mass is 10.2. The first-order valence-corrected chi connectivity index (χ1v) is 8.38. The predicted octanol–water partition coefficient (Wildman–Crippen LogP) is -0.345. The molecule has 0 saturated carbocycles. The summed E-state index contributed by atoms with van der Waals surface area (Å²) < 4.78 is 36.7. The first-order chi connectivity index (χ1) is 10.9. The lowest BCUT2D eigenvalue weighted by Gasteiger charge is -2.14. The Balaban J connectivity index is 2.18. The van der Waals surface area contributed by atoms with Crippen LogP contribution < -0.4 is 10.0 Å². The van der Waals surface area contributed by atoms with Crippen molar-refractivity contribution in [2.45, 2.75) is 23.4 Å². The van der Waals surface area contributed by atoms with Crippen LogP contribution in [0.3, 0.4) is 0 Å². The Kier molecular flexibility index (Phi) is 5.34. The zero-order valence-corrected chi connectivity index (χ0v) is 13.6. The van der Waals surface area contributed by atoms with E-state index in [9.17, 15) is 18.0 Å². The number of nitrogens with one attached hydrogen (secondary N) is 2. The quantitative estimate of drug-likeness (QED) is 0.704. The zero-order valence-electron chi connectivity index (χ0n) is 12.7. The molecule has 0 aliphatic carbocycles. The van der Waals surface area contributed by atoms with Gasteiger partial charge in [0, 0.05) is 12.6 Å². The number of hydrogen-bond donors (Lipinski definition) is 2. The number of benzene rings is 1. The molecule has 1 aromatic carbocycles. The molecule has 23 heavy (non-hydrogen) atoms. The molecule has 1 fully saturated rings. The fourth-order valence-corrected chi connectivity index (χ4v) is 3.85. The van der Waals surface area contributed by atoms with E-state index in [1.54, 1.807) is 6.07 Å². The SMILES string of the molecule is COC(=O)c1ccccc1S(=O)(=O)N[C@H]1CN[C@H](C(=O)OC)C1. The molecule has 0 unspecified atom stereocenters. The highest BCUT2D eigenvalue weighted by atomic mass is 32.2. The molecule has 1 aromatic rings. The number of ether oxygens (including phenoxy) is 2. The highest BCUT2D eigenvalue weighted by Gasteiger charge is 2.33. The van der Waals surface area contributed by atoms with Gasteiger partial charge in [0.2, 0.25) is 10.0 Å². The van der Waals surface area contributed by atoms with Gasteiger partial charge in [-0.15, -0.1) is 0 Å². The molecular formula is C14H18N2O6S. The summed E-state index contributed by atoms with van der Waals surface area (Å²) in [4.78, 5) is 23.0. The summed E-state index contributed by atoms with van der Waals surface area (Å²) in [6, 6.07) is 4.75. The summed E-state index contributed by atoms with van der Waals surface area (Å²) in [7, 11) is -1.47. The van der Waals surface area contributed by atoms with Gasteiger partial charge in [-0.3, -0.25) is 4.79 Å². The first-order valence-electron chi connectivity index (χ1n) is 6.90. The molecule has 2 atom stereocenters. The third-order valence-electron chi connectivity index (χ3n) is 3.52. The number of sulfonamides is 1. The molecule has 0 aromatic heterocycles. The maximum Gasteiger partial charge on any atom is 0.339 e. The molecule has 1 aliphatic heterocycles. The van der Waals surface area contributed by atoms with Crippen molar-refractivity contribution >= 4 is 22.0 Å². The normalized spacial score (nSPS) is 21.0. The van der Waals surface area contributed by atoms with E-state index in [1.165, 1.54) is 32.4 Å². The van der Waals surface area contributed by atoms with E-state index in [0.717, 1.165) is 0 Å². The second kappa shape index (κ2) is 7.07. The monoisotopic (exact) mass is 342 g/mol. The van der Waals surface area contributed by atoms with Gasteiger partial charge in [0.15, 0.2) is 0 Å². The number of rotatable bonds is 5. The van der Waals surface area contributed by atoms with Crippen LogP contribution >= 0.6 is 0 Å². The van der Waals surface area contributed by atoms with Gasteiger partial charge in [0.1, 0.15) is 6.04 Å². The van der Waals surface area contributed by atoms with Crippen LogP contribution in [0.1, 0.15) is 16.8 Å². The molecule has 0 bridgehead atoms. The minimum absolute atomic E-state index is 0.0435. The van der Waals surface area contributed by atoms with E-state index in [2.05, 4.69) is 19.5 Å². The lowest BCUT2D eigenvalue weighted by Crippen LogP contribution is -2.36. The van der Waals surface area contributed by atoms with E-state index in [1.807, 2.05) is 0 Å². The maximum absolute atomic E-state index is 12.5. The van der Waals surface area contributed by atoms with E-state index >= 15 is 0 Å². The van der Waals surface area contributed by atoms with E-state index in [0.29, 0.717) is 6.54 Å². The Labute approximate surface area is 134 Å². The van der Waals surface area contributed by atoms with Gasteiger partial charge in [-0.05, 0) is 18.6 Å². The molecule has 2 rings (SSSR count). The van der Waals surface area contributed by atoms with Crippen molar-refractivity contribution in [3.05, 3.63) is 29.8 Å². The topological polar surface area (TPSA) is 111 Å². The molecular weight excluding hydrogens is 324 g/mol. The highest BCUT2D eigenvalue weighted by Crippen LogP contribution is 2.18. The summed E-state index contributed by atoms with van der Waals surface area (Å²) in [5.74, 6) is -1.18. The van der Waals surface area contributed by atoms with Crippen molar-refractivity contribution in [2.75, 3.05) is 20.8 Å². The number of methoxy groups -OCH3 is 2. The lowest BCUT2D eigenvalue weighted by molar-refractivity contribution is -0.142. The Morgan fingerprint density at radius 1 is 1.22 bits per heavy atom. The van der Waals surface area contributed by atoms with Crippen molar-refractivity contribution in [1.29, 1.82) is 0 Å². The molecule has 126 valence electrons. The number of carbonyl (C=O) groups excluding carboxylic acids is 2. The van der Waals surface area contributed by atoms with Crippen molar-refractivity contribution in [1.82, 2.24) is 10.0 Å². The van der Waals surface area contributed by atoms with E-state index < -0.39 is 34.0 Å². The summed E-state index contributed by atoms with van der Waals surface area (Å²) in [6.45, 7) is 0.291. The second-order valence-corrected chi connectivity index (χ2v) is 6.71. The van der Waals surface area contributed by atoms with Crippen LogP contribution in [-0.4, -0.2) is 53.2 Å². The molecule has 1 saturated heterocycles. The molecule has 1 heterocycles. The molecule has 1 aliphatic rings. The average molecular weight is 342 g/mol. The number of hydrogen-bond acceptors (Lipinski definition) is 7. The van der Waals surface area contributed by atoms with Crippen LogP contribution in [0.15, 0.2) is 29.2 Å². The van der Waals surface area contributed by atoms with Crippen molar-refractivity contribution in [3.8, 4) is 0 Å². The van der Waals surface area contributed by atoms with E-state index in [-0.39, 0.29) is 16.9 Å². The van der Waals surface area contributed by atoms with Crippen LogP contribution in [0.2, 0.25) is 0 Å². The predicted molar refractivity (Wildman–Crippen MR) is 80.3 cm³/mol. The Bertz CT molecular complexity index is 703. The largest absolute Gasteiger partial charge is 0.468 e. The standard InChI is InChI=1S/C14H18N2O6S/c1-21-13(17)10-5-3-4-6-12(10)23(19,20)16-9-7-11(15-8-9)14(18)22-2/h3-6,9,11,15-16H,7-8H2,1-2H3/t9-,11+/m1/s1. The molecule has 9 heteroatoms. The van der Waals surface area contributed by atoms with Crippen LogP contribution in [0, 0.1) is 0 Å². The van der Waals surface area contributed by atoms with E-state index in [4.69, 9.17) is 0 Å². The van der Waals surface area contributed by atoms with Crippen LogP contribution in [0.4, 0.5) is 0 Å². The smallest absolute Gasteiger partial charge is 0.339 e. The summed E-state index contributed by atoms with van der Waals surface area (Å²) in [5, 5.41) is 2.89. The van der Waals surface area contributed by atoms with Gasteiger partial charge in [-0.2, -0.15) is 0 Å². The number of esters is 2. The Morgan fingerprint density at radius 2 is 1.91 bits per heavy atom. The summed E-state index contributed by atoms with van der Waals surface area (Å²) in [5.41, 5.74) is -0.0435. The van der Waals surface area contributed by atoms with Gasteiger partial charge >= 0.3 is 11.9 Å². The maximum atomic E-state index is 12.5. The Morgan fingerprint density at radius 3 is 2.57 bits per heavy atom. The Hall–Kier alpha value is -1.97. The minimum Gasteiger partial charge on any atom is -0.468 e. The molecule has 0 radical (unpaired) electrons. The van der Waals surface area contributed by atoms with Gasteiger partial charge in [0.05, 0.1) is 24.7 Å². The zero-order chi connectivity index (χ0) is 17.0. The van der Waals surface area contributed by atoms with Crippen LogP contribution in [0.5, 0.6) is 0 Å². The molecule has 0 spiro atoms. The summed E-state index contributed by atoms with van der Waals surface area (Å²) >= 11 is 0. The molecule has 2 N–H and O–H groups in total. The third-order valence-corrected chi connectivity index (χ3v) is 5.10. The van der Waals surface area contributed by atoms with Gasteiger partial charge in [-0.25, -0.2) is 17.9 Å². The average Bonchev–Trinajstić information content (AvgIpc) is 3.01. The summed E-state index contributed by atoms with van der Waals surface area (Å²) in [6.07, 6.45) is 0.270. The van der Waals surface area contributed by atoms with Crippen LogP contribution in [-0.2, 0) is 24.3 Å². The van der Waals surface area contributed by atoms with Crippen molar-refractivity contribution in [3.63, 3.8) is 0 Å². The first kappa shape index (κ1) is 17.4. The van der Waals surface area contributed by atoms with Gasteiger partial charge in [0.25, 0.3) is 0 Å². The van der Waals surface area contributed by atoms with Gasteiger partial charge < -0.3 is 14.8 Å². The van der Waals surface area contributed by atoms with Crippen molar-refractivity contribution < 1.29 is 27.5 Å². The fourth-order valence-electron chi connectivity index (χ4n) is 2.41. The minimum atomic E-state index is -3.93. The highest BCUT2D eigenvalue weighted by molar-refractivity contribution is 7.89. The fraction of sp³-hybridized carbons (Fsp3) is 0.429.